The standard InChI is InChI=1S/C17H22N2O/c1-4-19-16(11-14(3)18-19)12-17(20)10-9-15-7-5-13(2)6-8-15/h5-8,11H,4,9-10,12H2,1-3H3. The summed E-state index contributed by atoms with van der Waals surface area (Å²) < 4.78 is 1.92. The van der Waals surface area contributed by atoms with Gasteiger partial charge in [0.2, 0.25) is 0 Å². The second kappa shape index (κ2) is 6.51. The first-order chi connectivity index (χ1) is 9.58. The maximum Gasteiger partial charge on any atom is 0.139 e. The molecule has 0 aliphatic carbocycles. The molecule has 0 aliphatic heterocycles. The SMILES string of the molecule is CCn1nc(C)cc1CC(=O)CCc1ccc(C)cc1. The molecule has 0 unspecified atom stereocenters. The second-order valence-electron chi connectivity index (χ2n) is 5.29. The number of benzene rings is 1. The van der Waals surface area contributed by atoms with Crippen LogP contribution in [-0.2, 0) is 24.2 Å². The smallest absolute Gasteiger partial charge is 0.139 e. The van der Waals surface area contributed by atoms with Gasteiger partial charge in [-0.15, -0.1) is 0 Å². The Morgan fingerprint density at radius 2 is 1.90 bits per heavy atom. The Kier molecular flexibility index (Phi) is 4.72. The van der Waals surface area contributed by atoms with E-state index >= 15 is 0 Å². The van der Waals surface area contributed by atoms with Crippen LogP contribution in [0.25, 0.3) is 0 Å². The van der Waals surface area contributed by atoms with E-state index in [0.717, 1.165) is 24.4 Å². The first kappa shape index (κ1) is 14.5. The summed E-state index contributed by atoms with van der Waals surface area (Å²) in [6.07, 6.45) is 1.90. The molecular weight excluding hydrogens is 248 g/mol. The Labute approximate surface area is 120 Å². The fourth-order valence-corrected chi connectivity index (χ4v) is 2.34. The first-order valence-electron chi connectivity index (χ1n) is 7.19. The number of ketones is 1. The molecule has 0 amide bonds. The van der Waals surface area contributed by atoms with E-state index in [1.54, 1.807) is 0 Å². The van der Waals surface area contributed by atoms with Gasteiger partial charge in [-0.25, -0.2) is 0 Å². The van der Waals surface area contributed by atoms with Crippen LogP contribution in [0, 0.1) is 13.8 Å². The molecule has 0 N–H and O–H groups in total. The molecule has 1 heterocycles. The summed E-state index contributed by atoms with van der Waals surface area (Å²) in [5, 5.41) is 4.37. The number of rotatable bonds is 6. The summed E-state index contributed by atoms with van der Waals surface area (Å²) in [4.78, 5) is 12.1. The highest BCUT2D eigenvalue weighted by atomic mass is 16.1. The number of hydrogen-bond acceptors (Lipinski definition) is 2. The van der Waals surface area contributed by atoms with Crippen molar-refractivity contribution in [3.05, 3.63) is 52.8 Å². The van der Waals surface area contributed by atoms with Crippen LogP contribution in [0.4, 0.5) is 0 Å². The van der Waals surface area contributed by atoms with Crippen molar-refractivity contribution < 1.29 is 4.79 Å². The van der Waals surface area contributed by atoms with Gasteiger partial charge in [0.05, 0.1) is 5.69 Å². The van der Waals surface area contributed by atoms with Gasteiger partial charge in [0.15, 0.2) is 0 Å². The molecule has 106 valence electrons. The number of carbonyl (C=O) groups is 1. The Bertz CT molecular complexity index is 582. The quantitative estimate of drug-likeness (QED) is 0.807. The van der Waals surface area contributed by atoms with Crippen molar-refractivity contribution in [2.24, 2.45) is 0 Å². The van der Waals surface area contributed by atoms with E-state index in [0.29, 0.717) is 12.8 Å². The lowest BCUT2D eigenvalue weighted by molar-refractivity contribution is -0.118. The van der Waals surface area contributed by atoms with Crippen LogP contribution in [0.3, 0.4) is 0 Å². The molecule has 0 atom stereocenters. The minimum atomic E-state index is 0.278. The van der Waals surface area contributed by atoms with Gasteiger partial charge in [-0.3, -0.25) is 9.48 Å². The zero-order valence-electron chi connectivity index (χ0n) is 12.5. The van der Waals surface area contributed by atoms with Crippen LogP contribution in [0.2, 0.25) is 0 Å². The van der Waals surface area contributed by atoms with Gasteiger partial charge in [-0.1, -0.05) is 29.8 Å². The van der Waals surface area contributed by atoms with Crippen LogP contribution < -0.4 is 0 Å². The van der Waals surface area contributed by atoms with Crippen molar-refractivity contribution in [2.75, 3.05) is 0 Å². The van der Waals surface area contributed by atoms with Gasteiger partial charge in [-0.05, 0) is 38.8 Å². The van der Waals surface area contributed by atoms with Gasteiger partial charge in [0.1, 0.15) is 5.78 Å². The molecule has 0 saturated carbocycles. The second-order valence-corrected chi connectivity index (χ2v) is 5.29. The molecule has 0 aliphatic rings. The Balaban J connectivity index is 1.90. The average Bonchev–Trinajstić information content (AvgIpc) is 2.78. The van der Waals surface area contributed by atoms with E-state index in [1.165, 1.54) is 11.1 Å². The Morgan fingerprint density at radius 3 is 2.55 bits per heavy atom. The molecule has 0 spiro atoms. The van der Waals surface area contributed by atoms with E-state index < -0.39 is 0 Å². The third-order valence-corrected chi connectivity index (χ3v) is 3.48. The molecule has 2 aromatic rings. The Hall–Kier alpha value is -1.90. The molecule has 0 saturated heterocycles. The van der Waals surface area contributed by atoms with E-state index in [4.69, 9.17) is 0 Å². The molecular formula is C17H22N2O. The van der Waals surface area contributed by atoms with Gasteiger partial charge < -0.3 is 0 Å². The number of aryl methyl sites for hydroxylation is 4. The normalized spacial score (nSPS) is 10.8. The third-order valence-electron chi connectivity index (χ3n) is 3.48. The van der Waals surface area contributed by atoms with Crippen molar-refractivity contribution >= 4 is 5.78 Å². The maximum atomic E-state index is 12.1. The minimum absolute atomic E-state index is 0.278. The number of hydrogen-bond donors (Lipinski definition) is 0. The average molecular weight is 270 g/mol. The Morgan fingerprint density at radius 1 is 1.20 bits per heavy atom. The number of carbonyl (C=O) groups excluding carboxylic acids is 1. The molecule has 3 heteroatoms. The fraction of sp³-hybridized carbons (Fsp3) is 0.412. The van der Waals surface area contributed by atoms with Gasteiger partial charge >= 0.3 is 0 Å². The number of nitrogens with zero attached hydrogens (tertiary/aromatic N) is 2. The fourth-order valence-electron chi connectivity index (χ4n) is 2.34. The number of Topliss-reactive ketones (excluding diaryl/α,β-unsaturated/α-hetero) is 1. The molecule has 0 radical (unpaired) electrons. The van der Waals surface area contributed by atoms with E-state index in [-0.39, 0.29) is 5.78 Å². The van der Waals surface area contributed by atoms with Gasteiger partial charge in [0, 0.05) is 25.1 Å². The van der Waals surface area contributed by atoms with Gasteiger partial charge in [0.25, 0.3) is 0 Å². The molecule has 3 nitrogen and oxygen atoms in total. The number of aromatic nitrogens is 2. The lowest BCUT2D eigenvalue weighted by Crippen LogP contribution is -2.10. The predicted octanol–water partition coefficient (Wildman–Crippen LogP) is 3.26. The monoisotopic (exact) mass is 270 g/mol. The third kappa shape index (κ3) is 3.80. The summed E-state index contributed by atoms with van der Waals surface area (Å²) >= 11 is 0. The summed E-state index contributed by atoms with van der Waals surface area (Å²) in [6, 6.07) is 10.4. The zero-order valence-corrected chi connectivity index (χ0v) is 12.5. The van der Waals surface area contributed by atoms with Crippen LogP contribution in [0.1, 0.15) is 35.9 Å². The van der Waals surface area contributed by atoms with Crippen molar-refractivity contribution in [2.45, 2.75) is 46.6 Å². The molecule has 0 bridgehead atoms. The van der Waals surface area contributed by atoms with E-state index in [1.807, 2.05) is 24.6 Å². The lowest BCUT2D eigenvalue weighted by atomic mass is 10.0. The minimum Gasteiger partial charge on any atom is -0.299 e. The largest absolute Gasteiger partial charge is 0.299 e. The van der Waals surface area contributed by atoms with E-state index in [2.05, 4.69) is 36.3 Å². The molecule has 0 fully saturated rings. The first-order valence-corrected chi connectivity index (χ1v) is 7.19. The maximum absolute atomic E-state index is 12.1. The molecule has 1 aromatic carbocycles. The van der Waals surface area contributed by atoms with E-state index in [9.17, 15) is 4.79 Å². The van der Waals surface area contributed by atoms with Crippen LogP contribution >= 0.6 is 0 Å². The predicted molar refractivity (Wildman–Crippen MR) is 80.8 cm³/mol. The molecule has 1 aromatic heterocycles. The van der Waals surface area contributed by atoms with Crippen molar-refractivity contribution in [1.82, 2.24) is 9.78 Å². The van der Waals surface area contributed by atoms with Crippen LogP contribution in [0.15, 0.2) is 30.3 Å². The summed E-state index contributed by atoms with van der Waals surface area (Å²) in [7, 11) is 0. The summed E-state index contributed by atoms with van der Waals surface area (Å²) in [5.74, 6) is 0.278. The van der Waals surface area contributed by atoms with Gasteiger partial charge in [-0.2, -0.15) is 5.10 Å². The van der Waals surface area contributed by atoms with Crippen molar-refractivity contribution in [3.63, 3.8) is 0 Å². The summed E-state index contributed by atoms with van der Waals surface area (Å²) in [5.41, 5.74) is 4.48. The van der Waals surface area contributed by atoms with Crippen LogP contribution in [0.5, 0.6) is 0 Å². The molecule has 20 heavy (non-hydrogen) atoms. The van der Waals surface area contributed by atoms with Crippen molar-refractivity contribution in [3.8, 4) is 0 Å². The zero-order chi connectivity index (χ0) is 14.5. The van der Waals surface area contributed by atoms with Crippen LogP contribution in [-0.4, -0.2) is 15.6 Å². The highest BCUT2D eigenvalue weighted by Gasteiger charge is 2.09. The lowest BCUT2D eigenvalue weighted by Gasteiger charge is -2.04. The highest BCUT2D eigenvalue weighted by Crippen LogP contribution is 2.10. The van der Waals surface area contributed by atoms with Crippen molar-refractivity contribution in [1.29, 1.82) is 0 Å². The topological polar surface area (TPSA) is 34.9 Å². The molecule has 2 rings (SSSR count). The summed E-state index contributed by atoms with van der Waals surface area (Å²) in [6.45, 7) is 6.90. The highest BCUT2D eigenvalue weighted by molar-refractivity contribution is 5.80.